The number of halogens is 1. The summed E-state index contributed by atoms with van der Waals surface area (Å²) in [6.45, 7) is 5.11. The van der Waals surface area contributed by atoms with Gasteiger partial charge in [-0.3, -0.25) is 0 Å². The molecule has 2 aromatic carbocycles. The summed E-state index contributed by atoms with van der Waals surface area (Å²) in [5, 5.41) is 0. The van der Waals surface area contributed by atoms with Gasteiger partial charge in [0.2, 0.25) is 0 Å². The van der Waals surface area contributed by atoms with Gasteiger partial charge in [-0.1, -0.05) is 39.0 Å². The Balaban J connectivity index is 1.89. The van der Waals surface area contributed by atoms with Crippen molar-refractivity contribution in [3.63, 3.8) is 0 Å². The minimum atomic E-state index is -0.384. The van der Waals surface area contributed by atoms with E-state index in [1.165, 1.54) is 39.2 Å². The molecule has 0 amide bonds. The molecule has 27 heavy (non-hydrogen) atoms. The van der Waals surface area contributed by atoms with Crippen LogP contribution in [0, 0.1) is 14.1 Å². The summed E-state index contributed by atoms with van der Waals surface area (Å²) in [6, 6.07) is 12.7. The van der Waals surface area contributed by atoms with Crippen molar-refractivity contribution >= 4 is 0 Å². The fraction of sp³-hybridized carbons (Fsp3) is 0.478. The van der Waals surface area contributed by atoms with E-state index in [0.717, 1.165) is 35.8 Å². The zero-order valence-electron chi connectivity index (χ0n) is 17.0. The monoisotopic (exact) mass is 483 g/mol. The van der Waals surface area contributed by atoms with Crippen LogP contribution in [0.4, 0.5) is 0 Å². The van der Waals surface area contributed by atoms with Gasteiger partial charge in [0.25, 0.3) is 3.57 Å². The molecule has 2 rings (SSSR count). The highest BCUT2D eigenvalue weighted by molar-refractivity contribution is 5.37. The lowest BCUT2D eigenvalue weighted by Crippen LogP contribution is -3.61. The topological polar surface area (TPSA) is 27.7 Å². The molecule has 2 aromatic rings. The van der Waals surface area contributed by atoms with Crippen molar-refractivity contribution in [1.29, 1.82) is 0 Å². The summed E-state index contributed by atoms with van der Waals surface area (Å²) in [7, 11) is 3.45. The Morgan fingerprint density at radius 2 is 1.41 bits per heavy atom. The maximum Gasteiger partial charge on any atom is 0.366 e. The summed E-state index contributed by atoms with van der Waals surface area (Å²) in [4.78, 5) is 0. The molecule has 0 aliphatic carbocycles. The van der Waals surface area contributed by atoms with E-state index in [0.29, 0.717) is 0 Å². The summed E-state index contributed by atoms with van der Waals surface area (Å²) in [5.74, 6) is 2.80. The van der Waals surface area contributed by atoms with E-state index in [9.17, 15) is 0 Å². The maximum absolute atomic E-state index is 5.89. The first-order chi connectivity index (χ1) is 13.2. The molecule has 0 radical (unpaired) electrons. The van der Waals surface area contributed by atoms with Gasteiger partial charge in [0.15, 0.2) is 15.1 Å². The molecule has 0 fully saturated rings. The molecule has 0 N–H and O–H groups in total. The predicted molar refractivity (Wildman–Crippen MR) is 107 cm³/mol. The van der Waals surface area contributed by atoms with Crippen LogP contribution in [0.15, 0.2) is 36.4 Å². The second-order valence-electron chi connectivity index (χ2n) is 6.65. The Kier molecular flexibility index (Phi) is 9.81. The van der Waals surface area contributed by atoms with Gasteiger partial charge in [-0.2, -0.15) is 0 Å². The number of benzene rings is 2. The Hall–Kier alpha value is -1.43. The average molecular weight is 483 g/mol. The van der Waals surface area contributed by atoms with Crippen LogP contribution >= 0.6 is 0 Å². The lowest BCUT2D eigenvalue weighted by atomic mass is 10.1. The quantitative estimate of drug-likeness (QED) is 0.344. The maximum atomic E-state index is 5.89. The van der Waals surface area contributed by atoms with Crippen LogP contribution in [0.25, 0.3) is 0 Å². The SMILES string of the molecule is CCCCCCCCOc1ccc([I+]c2c(OC)cc(C)cc2OC)cc1. The molecule has 0 aliphatic heterocycles. The normalized spacial score (nSPS) is 10.7. The molecule has 0 spiro atoms. The van der Waals surface area contributed by atoms with Crippen LogP contribution in [-0.2, 0) is 0 Å². The van der Waals surface area contributed by atoms with Crippen molar-refractivity contribution < 1.29 is 35.4 Å². The second kappa shape index (κ2) is 12.1. The zero-order chi connectivity index (χ0) is 19.5. The van der Waals surface area contributed by atoms with Crippen LogP contribution in [0.3, 0.4) is 0 Å². The molecule has 0 unspecified atom stereocenters. The molecule has 0 aliphatic rings. The molecule has 0 aromatic heterocycles. The Morgan fingerprint density at radius 3 is 2.00 bits per heavy atom. The van der Waals surface area contributed by atoms with Crippen molar-refractivity contribution in [1.82, 2.24) is 0 Å². The molecular weight excluding hydrogens is 451 g/mol. The zero-order valence-corrected chi connectivity index (χ0v) is 19.2. The van der Waals surface area contributed by atoms with Crippen LogP contribution in [0.5, 0.6) is 17.2 Å². The lowest BCUT2D eigenvalue weighted by molar-refractivity contribution is -0.598. The van der Waals surface area contributed by atoms with Gasteiger partial charge in [0, 0.05) is 0 Å². The molecule has 0 saturated carbocycles. The summed E-state index contributed by atoms with van der Waals surface area (Å²) in [6.07, 6.45) is 7.71. The van der Waals surface area contributed by atoms with E-state index in [1.807, 2.05) is 0 Å². The van der Waals surface area contributed by atoms with E-state index in [4.69, 9.17) is 14.2 Å². The van der Waals surface area contributed by atoms with Crippen molar-refractivity contribution in [2.45, 2.75) is 52.4 Å². The Bertz CT molecular complexity index is 658. The summed E-state index contributed by atoms with van der Waals surface area (Å²) < 4.78 is 19.6. The fourth-order valence-electron chi connectivity index (χ4n) is 2.87. The van der Waals surface area contributed by atoms with Crippen LogP contribution < -0.4 is 35.4 Å². The average Bonchev–Trinajstić information content (AvgIpc) is 2.69. The first-order valence-corrected chi connectivity index (χ1v) is 11.9. The smallest absolute Gasteiger partial charge is 0.366 e. The Labute approximate surface area is 174 Å². The van der Waals surface area contributed by atoms with Gasteiger partial charge in [0.1, 0.15) is 5.75 Å². The van der Waals surface area contributed by atoms with Gasteiger partial charge < -0.3 is 14.2 Å². The van der Waals surface area contributed by atoms with Gasteiger partial charge in [-0.15, -0.1) is 0 Å². The summed E-state index contributed by atoms with van der Waals surface area (Å²) >= 11 is -0.384. The van der Waals surface area contributed by atoms with Gasteiger partial charge >= 0.3 is 21.2 Å². The molecule has 148 valence electrons. The number of ether oxygens (including phenoxy) is 3. The van der Waals surface area contributed by atoms with E-state index in [-0.39, 0.29) is 21.2 Å². The minimum Gasteiger partial charge on any atom is -0.494 e. The van der Waals surface area contributed by atoms with Crippen molar-refractivity contribution in [2.24, 2.45) is 0 Å². The molecule has 0 bridgehead atoms. The van der Waals surface area contributed by atoms with Crippen LogP contribution in [0.2, 0.25) is 0 Å². The van der Waals surface area contributed by atoms with E-state index in [1.54, 1.807) is 14.2 Å². The lowest BCUT2D eigenvalue weighted by Gasteiger charge is -2.07. The second-order valence-corrected chi connectivity index (χ2v) is 9.51. The highest BCUT2D eigenvalue weighted by Crippen LogP contribution is 2.22. The number of hydrogen-bond acceptors (Lipinski definition) is 3. The first-order valence-electron chi connectivity index (χ1n) is 9.78. The number of rotatable bonds is 12. The highest BCUT2D eigenvalue weighted by atomic mass is 127. The largest absolute Gasteiger partial charge is 0.494 e. The van der Waals surface area contributed by atoms with Gasteiger partial charge in [-0.05, 0) is 55.3 Å². The van der Waals surface area contributed by atoms with Crippen LogP contribution in [0.1, 0.15) is 51.0 Å². The molecule has 4 heteroatoms. The molecular formula is C23H32IO3+. The third kappa shape index (κ3) is 7.24. The minimum absolute atomic E-state index is 0.384. The van der Waals surface area contributed by atoms with E-state index < -0.39 is 0 Å². The molecule has 0 heterocycles. The number of methoxy groups -OCH3 is 2. The number of aryl methyl sites for hydroxylation is 1. The standard InChI is InChI=1S/C23H32IO3/c1-5-6-7-8-9-10-15-27-20-13-11-19(12-14-20)24-23-21(25-3)16-18(2)17-22(23)26-4/h11-14,16-17H,5-10,15H2,1-4H3/q+1. The Morgan fingerprint density at radius 1 is 0.815 bits per heavy atom. The van der Waals surface area contributed by atoms with Gasteiger partial charge in [0.05, 0.1) is 20.8 Å². The van der Waals surface area contributed by atoms with Crippen LogP contribution in [-0.4, -0.2) is 20.8 Å². The molecule has 3 nitrogen and oxygen atoms in total. The number of unbranched alkanes of at least 4 members (excludes halogenated alkanes) is 5. The van der Waals surface area contributed by atoms with Crippen molar-refractivity contribution in [3.8, 4) is 17.2 Å². The van der Waals surface area contributed by atoms with Crippen molar-refractivity contribution in [2.75, 3.05) is 20.8 Å². The predicted octanol–water partition coefficient (Wildman–Crippen LogP) is 2.88. The fourth-order valence-corrected chi connectivity index (χ4v) is 5.49. The third-order valence-corrected chi connectivity index (χ3v) is 7.32. The number of hydrogen-bond donors (Lipinski definition) is 0. The van der Waals surface area contributed by atoms with Crippen molar-refractivity contribution in [3.05, 3.63) is 49.1 Å². The van der Waals surface area contributed by atoms with E-state index >= 15 is 0 Å². The summed E-state index contributed by atoms with van der Waals surface area (Å²) in [5.41, 5.74) is 1.15. The third-order valence-electron chi connectivity index (χ3n) is 4.37. The van der Waals surface area contributed by atoms with Gasteiger partial charge in [-0.25, -0.2) is 0 Å². The molecule has 0 atom stereocenters. The molecule has 0 saturated heterocycles. The highest BCUT2D eigenvalue weighted by Gasteiger charge is 2.27. The first kappa shape index (κ1) is 21.9. The van der Waals surface area contributed by atoms with E-state index in [2.05, 4.69) is 50.2 Å².